The van der Waals surface area contributed by atoms with Gasteiger partial charge >= 0.3 is 11.9 Å². The maximum Gasteiger partial charge on any atom is 0.336 e. The van der Waals surface area contributed by atoms with E-state index in [2.05, 4.69) is 0 Å². The molecule has 7 nitrogen and oxygen atoms in total. The van der Waals surface area contributed by atoms with Crippen molar-refractivity contribution in [2.24, 2.45) is 5.41 Å². The van der Waals surface area contributed by atoms with Crippen LogP contribution in [0.4, 0.5) is 0 Å². The summed E-state index contributed by atoms with van der Waals surface area (Å²) in [6.07, 6.45) is 1.56. The maximum atomic E-state index is 13.1. The van der Waals surface area contributed by atoms with Crippen LogP contribution in [-0.4, -0.2) is 47.0 Å². The highest BCUT2D eigenvalue weighted by molar-refractivity contribution is 7.89. The molecule has 2 N–H and O–H groups in total. The van der Waals surface area contributed by atoms with Crippen molar-refractivity contribution in [1.82, 2.24) is 4.31 Å². The van der Waals surface area contributed by atoms with E-state index in [0.29, 0.717) is 13.0 Å². The van der Waals surface area contributed by atoms with Gasteiger partial charge in [-0.15, -0.1) is 0 Å². The Morgan fingerprint density at radius 1 is 1.00 bits per heavy atom. The van der Waals surface area contributed by atoms with E-state index in [-0.39, 0.29) is 10.3 Å². The lowest BCUT2D eigenvalue weighted by molar-refractivity contribution is 0.0651. The van der Waals surface area contributed by atoms with Gasteiger partial charge in [-0.3, -0.25) is 0 Å². The molecule has 0 spiro atoms. The Kier molecular flexibility index (Phi) is 4.73. The summed E-state index contributed by atoms with van der Waals surface area (Å²) in [5.74, 6) is -2.89. The van der Waals surface area contributed by atoms with Gasteiger partial charge in [-0.25, -0.2) is 18.0 Å². The third kappa shape index (κ3) is 3.69. The van der Waals surface area contributed by atoms with E-state index in [0.717, 1.165) is 24.6 Å². The van der Waals surface area contributed by atoms with Gasteiger partial charge in [-0.05, 0) is 50.3 Å². The lowest BCUT2D eigenvalue weighted by Crippen LogP contribution is -2.55. The summed E-state index contributed by atoms with van der Waals surface area (Å²) >= 11 is 0. The van der Waals surface area contributed by atoms with Gasteiger partial charge in [0.1, 0.15) is 0 Å². The first-order chi connectivity index (χ1) is 11.3. The molecule has 25 heavy (non-hydrogen) atoms. The average Bonchev–Trinajstić information content (AvgIpc) is 2.49. The number of carboxylic acids is 2. The van der Waals surface area contributed by atoms with Gasteiger partial charge in [0.15, 0.2) is 0 Å². The molecule has 1 heterocycles. The van der Waals surface area contributed by atoms with Gasteiger partial charge < -0.3 is 10.2 Å². The number of sulfonamides is 1. The second-order valence-corrected chi connectivity index (χ2v) is 9.67. The molecule has 0 amide bonds. The largest absolute Gasteiger partial charge is 0.478 e. The first-order valence-corrected chi connectivity index (χ1v) is 9.35. The Morgan fingerprint density at radius 2 is 1.56 bits per heavy atom. The van der Waals surface area contributed by atoms with Crippen molar-refractivity contribution < 1.29 is 28.2 Å². The van der Waals surface area contributed by atoms with Gasteiger partial charge in [-0.1, -0.05) is 13.8 Å². The standard InChI is InChI=1S/C17H23NO6S/c1-16(2)7-8-17(3,4)18(10-16)25(23,24)11-5-6-12(14(19)20)13(9-11)15(21)22/h5-6,9H,7-8,10H2,1-4H3,(H,19,20)(H,21,22). The van der Waals surface area contributed by atoms with E-state index in [4.69, 9.17) is 5.11 Å². The fourth-order valence-corrected chi connectivity index (χ4v) is 5.06. The van der Waals surface area contributed by atoms with Gasteiger partial charge in [0, 0.05) is 12.1 Å². The van der Waals surface area contributed by atoms with E-state index in [1.807, 2.05) is 27.7 Å². The second-order valence-electron chi connectivity index (χ2n) is 7.81. The van der Waals surface area contributed by atoms with Gasteiger partial charge in [-0.2, -0.15) is 4.31 Å². The van der Waals surface area contributed by atoms with E-state index < -0.39 is 38.6 Å². The Labute approximate surface area is 147 Å². The van der Waals surface area contributed by atoms with Crippen molar-refractivity contribution in [2.75, 3.05) is 6.54 Å². The van der Waals surface area contributed by atoms with Crippen LogP contribution >= 0.6 is 0 Å². The topological polar surface area (TPSA) is 112 Å². The van der Waals surface area contributed by atoms with Crippen LogP contribution in [-0.2, 0) is 10.0 Å². The summed E-state index contributed by atoms with van der Waals surface area (Å²) < 4.78 is 27.7. The van der Waals surface area contributed by atoms with E-state index in [9.17, 15) is 23.1 Å². The lowest BCUT2D eigenvalue weighted by Gasteiger charge is -2.47. The summed E-state index contributed by atoms with van der Waals surface area (Å²) in [5.41, 5.74) is -1.78. The van der Waals surface area contributed by atoms with Crippen LogP contribution in [0.1, 0.15) is 61.3 Å². The molecule has 0 radical (unpaired) electrons. The molecule has 1 aliphatic rings. The molecule has 1 aromatic rings. The quantitative estimate of drug-likeness (QED) is 0.844. The molecular weight excluding hydrogens is 346 g/mol. The summed E-state index contributed by atoms with van der Waals surface area (Å²) in [6.45, 7) is 7.96. The predicted octanol–water partition coefficient (Wildman–Crippen LogP) is 2.67. The minimum Gasteiger partial charge on any atom is -0.478 e. The number of piperidine rings is 1. The Bertz CT molecular complexity index is 826. The smallest absolute Gasteiger partial charge is 0.336 e. The highest BCUT2D eigenvalue weighted by atomic mass is 32.2. The summed E-state index contributed by atoms with van der Waals surface area (Å²) in [6, 6.07) is 3.11. The lowest BCUT2D eigenvalue weighted by atomic mass is 9.78. The third-order valence-corrected chi connectivity index (χ3v) is 6.75. The van der Waals surface area contributed by atoms with Crippen LogP contribution in [0.25, 0.3) is 0 Å². The molecular formula is C17H23NO6S. The van der Waals surface area contributed by atoms with Crippen LogP contribution in [0.3, 0.4) is 0 Å². The van der Waals surface area contributed by atoms with Crippen LogP contribution in [0.2, 0.25) is 0 Å². The molecule has 1 aromatic carbocycles. The molecule has 138 valence electrons. The number of nitrogens with zero attached hydrogens (tertiary/aromatic N) is 1. The molecule has 0 aliphatic carbocycles. The van der Waals surface area contributed by atoms with Crippen molar-refractivity contribution in [2.45, 2.75) is 51.0 Å². The molecule has 0 saturated carbocycles. The van der Waals surface area contributed by atoms with Gasteiger partial charge in [0.25, 0.3) is 0 Å². The minimum absolute atomic E-state index is 0.195. The molecule has 2 rings (SSSR count). The Balaban J connectivity index is 2.57. The fourth-order valence-electron chi connectivity index (χ4n) is 3.04. The molecule has 1 fully saturated rings. The fraction of sp³-hybridized carbons (Fsp3) is 0.529. The van der Waals surface area contributed by atoms with Crippen molar-refractivity contribution in [3.05, 3.63) is 29.3 Å². The molecule has 0 aromatic heterocycles. The van der Waals surface area contributed by atoms with E-state index >= 15 is 0 Å². The number of rotatable bonds is 4. The average molecular weight is 369 g/mol. The minimum atomic E-state index is -3.96. The van der Waals surface area contributed by atoms with Crippen molar-refractivity contribution >= 4 is 22.0 Å². The number of hydrogen-bond acceptors (Lipinski definition) is 4. The molecule has 8 heteroatoms. The number of hydrogen-bond donors (Lipinski definition) is 2. The SMILES string of the molecule is CC1(C)CCC(C)(C)N(S(=O)(=O)c2ccc(C(=O)O)c(C(=O)O)c2)C1. The van der Waals surface area contributed by atoms with E-state index in [1.54, 1.807) is 0 Å². The molecule has 1 saturated heterocycles. The monoisotopic (exact) mass is 369 g/mol. The van der Waals surface area contributed by atoms with Crippen LogP contribution in [0.5, 0.6) is 0 Å². The first-order valence-electron chi connectivity index (χ1n) is 7.91. The summed E-state index contributed by atoms with van der Waals surface area (Å²) in [4.78, 5) is 22.3. The van der Waals surface area contributed by atoms with Crippen LogP contribution in [0.15, 0.2) is 23.1 Å². The molecule has 0 unspecified atom stereocenters. The zero-order valence-corrected chi connectivity index (χ0v) is 15.6. The Hall–Kier alpha value is -1.93. The summed E-state index contributed by atoms with van der Waals surface area (Å²) in [5, 5.41) is 18.3. The van der Waals surface area contributed by atoms with Crippen LogP contribution in [0, 0.1) is 5.41 Å². The van der Waals surface area contributed by atoms with Gasteiger partial charge in [0.2, 0.25) is 10.0 Å². The van der Waals surface area contributed by atoms with Crippen molar-refractivity contribution in [3.63, 3.8) is 0 Å². The number of benzene rings is 1. The second kappa shape index (κ2) is 6.10. The first kappa shape index (κ1) is 19.4. The van der Waals surface area contributed by atoms with Gasteiger partial charge in [0.05, 0.1) is 16.0 Å². The maximum absolute atomic E-state index is 13.1. The van der Waals surface area contributed by atoms with Crippen molar-refractivity contribution in [1.29, 1.82) is 0 Å². The molecule has 0 atom stereocenters. The predicted molar refractivity (Wildman–Crippen MR) is 91.3 cm³/mol. The number of carbonyl (C=O) groups is 2. The van der Waals surface area contributed by atoms with Crippen LogP contribution < -0.4 is 0 Å². The Morgan fingerprint density at radius 3 is 2.08 bits per heavy atom. The van der Waals surface area contributed by atoms with E-state index in [1.165, 1.54) is 4.31 Å². The number of aromatic carboxylic acids is 2. The third-order valence-electron chi connectivity index (χ3n) is 4.70. The highest BCUT2D eigenvalue weighted by Gasteiger charge is 2.44. The normalized spacial score (nSPS) is 20.2. The number of carboxylic acid groups (broad SMARTS) is 2. The highest BCUT2D eigenvalue weighted by Crippen LogP contribution is 2.40. The van der Waals surface area contributed by atoms with Crippen molar-refractivity contribution in [3.8, 4) is 0 Å². The molecule has 0 bridgehead atoms. The molecule has 1 aliphatic heterocycles. The zero-order valence-electron chi connectivity index (χ0n) is 14.7. The summed E-state index contributed by atoms with van der Waals surface area (Å²) in [7, 11) is -3.96. The zero-order chi connectivity index (χ0) is 19.2.